The third kappa shape index (κ3) is 7.87. The van der Waals surface area contributed by atoms with Crippen molar-refractivity contribution in [1.82, 2.24) is 4.90 Å². The summed E-state index contributed by atoms with van der Waals surface area (Å²) in [6.45, 7) is 0.360. The van der Waals surface area contributed by atoms with Gasteiger partial charge in [0.05, 0.1) is 0 Å². The third-order valence-electron chi connectivity index (χ3n) is 0.796. The van der Waals surface area contributed by atoms with Crippen LogP contribution in [0.2, 0.25) is 0 Å². The van der Waals surface area contributed by atoms with Crippen molar-refractivity contribution in [3.8, 4) is 0 Å². The SMILES string of the molecule is C[N+](C)CCS(=O)(=O)O. The second kappa shape index (κ2) is 3.14. The van der Waals surface area contributed by atoms with Crippen molar-refractivity contribution < 1.29 is 13.0 Å². The van der Waals surface area contributed by atoms with Crippen LogP contribution in [0.25, 0.3) is 0 Å². The maximum Gasteiger partial charge on any atom is 0.270 e. The van der Waals surface area contributed by atoms with Gasteiger partial charge in [0.2, 0.25) is 0 Å². The van der Waals surface area contributed by atoms with Crippen LogP contribution in [0.5, 0.6) is 0 Å². The average Bonchev–Trinajstić information content (AvgIpc) is 1.59. The molecule has 0 heterocycles. The summed E-state index contributed by atoms with van der Waals surface area (Å²) in [5.41, 5.74) is 0. The summed E-state index contributed by atoms with van der Waals surface area (Å²) in [6, 6.07) is 0. The van der Waals surface area contributed by atoms with E-state index in [1.54, 1.807) is 19.0 Å². The standard InChI is InChI=1S/C4H11NO3S/c1-5(2)3-4-9(6,7)8/h3-4H2,1-2H3,(H,6,7,8)/q+1. The van der Waals surface area contributed by atoms with Gasteiger partial charge in [0.15, 0.2) is 0 Å². The smallest absolute Gasteiger partial charge is 0.270 e. The molecule has 0 aromatic rings. The van der Waals surface area contributed by atoms with Crippen molar-refractivity contribution in [2.75, 3.05) is 26.4 Å². The van der Waals surface area contributed by atoms with Crippen molar-refractivity contribution >= 4 is 10.1 Å². The van der Waals surface area contributed by atoms with E-state index >= 15 is 0 Å². The molecule has 0 atom stereocenters. The highest BCUT2D eigenvalue weighted by Gasteiger charge is 2.08. The van der Waals surface area contributed by atoms with Crippen LogP contribution in [-0.2, 0) is 10.1 Å². The van der Waals surface area contributed by atoms with E-state index in [1.807, 2.05) is 0 Å². The summed E-state index contributed by atoms with van der Waals surface area (Å²) >= 11 is 0. The Bertz CT molecular complexity index is 161. The fraction of sp³-hybridized carbons (Fsp3) is 1.00. The molecule has 0 aromatic heterocycles. The third-order valence-corrected chi connectivity index (χ3v) is 1.49. The Hall–Kier alpha value is -0.130. The second-order valence-electron chi connectivity index (χ2n) is 2.09. The molecule has 4 nitrogen and oxygen atoms in total. The van der Waals surface area contributed by atoms with Crippen LogP contribution >= 0.6 is 0 Å². The summed E-state index contributed by atoms with van der Waals surface area (Å²) in [7, 11) is -0.278. The van der Waals surface area contributed by atoms with Crippen molar-refractivity contribution in [1.29, 1.82) is 0 Å². The molecule has 0 spiro atoms. The lowest BCUT2D eigenvalue weighted by molar-refractivity contribution is 0.474. The quantitative estimate of drug-likeness (QED) is 0.429. The van der Waals surface area contributed by atoms with Gasteiger partial charge in [-0.15, -0.1) is 0 Å². The largest absolute Gasteiger partial charge is 0.285 e. The van der Waals surface area contributed by atoms with Crippen LogP contribution in [0, 0.1) is 0 Å². The van der Waals surface area contributed by atoms with E-state index in [2.05, 4.69) is 0 Å². The molecule has 0 aliphatic heterocycles. The van der Waals surface area contributed by atoms with E-state index in [0.717, 1.165) is 0 Å². The minimum absolute atomic E-state index is 0.194. The van der Waals surface area contributed by atoms with E-state index in [1.165, 1.54) is 0 Å². The van der Waals surface area contributed by atoms with Crippen LogP contribution < -0.4 is 4.90 Å². The average molecular weight is 153 g/mol. The first-order valence-corrected chi connectivity index (χ1v) is 4.12. The highest BCUT2D eigenvalue weighted by Crippen LogP contribution is 1.80. The first kappa shape index (κ1) is 8.87. The fourth-order valence-electron chi connectivity index (χ4n) is 0.298. The molecule has 0 saturated heterocycles. The van der Waals surface area contributed by atoms with Gasteiger partial charge in [0.1, 0.15) is 26.4 Å². The van der Waals surface area contributed by atoms with Gasteiger partial charge in [-0.3, -0.25) is 4.55 Å². The zero-order valence-electron chi connectivity index (χ0n) is 5.53. The molecule has 0 rings (SSSR count). The van der Waals surface area contributed by atoms with Crippen molar-refractivity contribution in [2.24, 2.45) is 0 Å². The van der Waals surface area contributed by atoms with Gasteiger partial charge in [0.25, 0.3) is 10.1 Å². The predicted molar refractivity (Wildman–Crippen MR) is 35.3 cm³/mol. The van der Waals surface area contributed by atoms with E-state index in [-0.39, 0.29) is 5.75 Å². The molecule has 9 heavy (non-hydrogen) atoms. The number of rotatable bonds is 3. The van der Waals surface area contributed by atoms with E-state index < -0.39 is 10.1 Å². The number of hydrogen-bond acceptors (Lipinski definition) is 3. The predicted octanol–water partition coefficient (Wildman–Crippen LogP) is -0.726. The Balaban J connectivity index is 3.53. The normalized spacial score (nSPS) is 12.4. The molecule has 0 aliphatic rings. The first-order valence-electron chi connectivity index (χ1n) is 2.52. The van der Waals surface area contributed by atoms with E-state index in [9.17, 15) is 8.42 Å². The Morgan fingerprint density at radius 3 is 2.00 bits per heavy atom. The Kier molecular flexibility index (Phi) is 3.10. The molecule has 0 fully saturated rings. The fourth-order valence-corrected chi connectivity index (χ4v) is 0.894. The van der Waals surface area contributed by atoms with Gasteiger partial charge in [-0.1, -0.05) is 0 Å². The molecular formula is C4H11NO3S+. The molecule has 0 saturated carbocycles. The molecule has 0 aromatic carbocycles. The number of nitrogens with zero attached hydrogens (tertiary/aromatic N) is 1. The van der Waals surface area contributed by atoms with Gasteiger partial charge in [-0.05, 0) is 0 Å². The molecule has 55 valence electrons. The Morgan fingerprint density at radius 1 is 1.44 bits per heavy atom. The lowest BCUT2D eigenvalue weighted by atomic mass is 10.7. The highest BCUT2D eigenvalue weighted by atomic mass is 32.2. The molecule has 0 amide bonds. The minimum Gasteiger partial charge on any atom is -0.285 e. The minimum atomic E-state index is -3.76. The van der Waals surface area contributed by atoms with Crippen LogP contribution in [0.1, 0.15) is 0 Å². The molecule has 0 bridgehead atoms. The lowest BCUT2D eigenvalue weighted by Crippen LogP contribution is -2.26. The highest BCUT2D eigenvalue weighted by molar-refractivity contribution is 7.85. The van der Waals surface area contributed by atoms with Crippen molar-refractivity contribution in [3.63, 3.8) is 0 Å². The van der Waals surface area contributed by atoms with Crippen molar-refractivity contribution in [2.45, 2.75) is 0 Å². The van der Waals surface area contributed by atoms with E-state index in [4.69, 9.17) is 4.55 Å². The van der Waals surface area contributed by atoms with Crippen LogP contribution in [-0.4, -0.2) is 39.4 Å². The van der Waals surface area contributed by atoms with Crippen LogP contribution in [0.4, 0.5) is 0 Å². The van der Waals surface area contributed by atoms with Gasteiger partial charge in [0, 0.05) is 0 Å². The maximum atomic E-state index is 10.1. The monoisotopic (exact) mass is 153 g/mol. The molecule has 5 heteroatoms. The summed E-state index contributed by atoms with van der Waals surface area (Å²) in [6.07, 6.45) is 0. The van der Waals surface area contributed by atoms with Gasteiger partial charge in [-0.25, -0.2) is 0 Å². The van der Waals surface area contributed by atoms with Gasteiger partial charge < -0.3 is 0 Å². The summed E-state index contributed by atoms with van der Waals surface area (Å²) in [5, 5.41) is 0. The second-order valence-corrected chi connectivity index (χ2v) is 3.66. The first-order chi connectivity index (χ1) is 3.92. The van der Waals surface area contributed by atoms with E-state index in [0.29, 0.717) is 6.54 Å². The summed E-state index contributed by atoms with van der Waals surface area (Å²) in [5.74, 6) is -0.194. The molecule has 0 unspecified atom stereocenters. The zero-order valence-corrected chi connectivity index (χ0v) is 6.35. The molecular weight excluding hydrogens is 142 g/mol. The molecule has 1 radical (unpaired) electrons. The van der Waals surface area contributed by atoms with Crippen LogP contribution in [0.3, 0.4) is 0 Å². The van der Waals surface area contributed by atoms with Gasteiger partial charge >= 0.3 is 0 Å². The Morgan fingerprint density at radius 2 is 1.89 bits per heavy atom. The summed E-state index contributed by atoms with van der Waals surface area (Å²) < 4.78 is 28.3. The molecule has 1 N–H and O–H groups in total. The maximum absolute atomic E-state index is 10.1. The zero-order chi connectivity index (χ0) is 7.49. The lowest BCUT2D eigenvalue weighted by Gasteiger charge is -1.96. The van der Waals surface area contributed by atoms with Crippen LogP contribution in [0.15, 0.2) is 0 Å². The summed E-state index contributed by atoms with van der Waals surface area (Å²) in [4.78, 5) is 1.69. The van der Waals surface area contributed by atoms with Crippen molar-refractivity contribution in [3.05, 3.63) is 0 Å². The Labute approximate surface area is 55.2 Å². The molecule has 0 aliphatic carbocycles. The van der Waals surface area contributed by atoms with Gasteiger partial charge in [-0.2, -0.15) is 13.3 Å². The number of hydrogen-bond donors (Lipinski definition) is 1. The topological polar surface area (TPSA) is 60.3 Å².